The van der Waals surface area contributed by atoms with Gasteiger partial charge in [0.05, 0.1) is 0 Å². The second kappa shape index (κ2) is 7.48. The van der Waals surface area contributed by atoms with Crippen LogP contribution in [0.25, 0.3) is 0 Å². The molecule has 0 bridgehead atoms. The number of amides is 1. The van der Waals surface area contributed by atoms with E-state index in [-0.39, 0.29) is 5.91 Å². The predicted molar refractivity (Wildman–Crippen MR) is 81.9 cm³/mol. The van der Waals surface area contributed by atoms with E-state index in [4.69, 9.17) is 0 Å². The Hall–Kier alpha value is -1.29. The number of likely N-dealkylation sites (tertiary alicyclic amines) is 1. The van der Waals surface area contributed by atoms with Crippen molar-refractivity contribution >= 4 is 5.91 Å². The second-order valence-corrected chi connectivity index (χ2v) is 5.63. The first kappa shape index (κ1) is 15.1. The number of hydrogen-bond donors (Lipinski definition) is 1. The van der Waals surface area contributed by atoms with Crippen LogP contribution >= 0.6 is 0 Å². The van der Waals surface area contributed by atoms with Crippen LogP contribution in [-0.2, 0) is 6.54 Å². The van der Waals surface area contributed by atoms with Crippen molar-refractivity contribution < 1.29 is 4.79 Å². The van der Waals surface area contributed by atoms with E-state index in [1.54, 1.807) is 0 Å². The number of hydrogen-bond acceptors (Lipinski definition) is 2. The van der Waals surface area contributed by atoms with Gasteiger partial charge in [0, 0.05) is 25.3 Å². The Morgan fingerprint density at radius 1 is 1.45 bits per heavy atom. The highest BCUT2D eigenvalue weighted by Crippen LogP contribution is 2.22. The normalized spacial score (nSPS) is 19.3. The summed E-state index contributed by atoms with van der Waals surface area (Å²) in [6.07, 6.45) is 7.64. The maximum Gasteiger partial charge on any atom is 0.270 e. The lowest BCUT2D eigenvalue weighted by molar-refractivity contribution is 0.0591. The van der Waals surface area contributed by atoms with Gasteiger partial charge < -0.3 is 14.8 Å². The first-order valence-electron chi connectivity index (χ1n) is 7.88. The van der Waals surface area contributed by atoms with E-state index in [2.05, 4.69) is 21.7 Å². The van der Waals surface area contributed by atoms with Gasteiger partial charge in [-0.15, -0.1) is 0 Å². The van der Waals surface area contributed by atoms with Crippen LogP contribution in [0.5, 0.6) is 0 Å². The van der Waals surface area contributed by atoms with Crippen molar-refractivity contribution in [3.63, 3.8) is 0 Å². The average Bonchev–Trinajstić information content (AvgIpc) is 2.93. The minimum Gasteiger partial charge on any atom is -0.344 e. The number of carbonyl (C=O) groups excluding carboxylic acids is 1. The van der Waals surface area contributed by atoms with E-state index in [1.807, 2.05) is 25.4 Å². The first-order chi connectivity index (χ1) is 9.77. The smallest absolute Gasteiger partial charge is 0.270 e. The molecule has 0 saturated carbocycles. The first-order valence-corrected chi connectivity index (χ1v) is 7.88. The summed E-state index contributed by atoms with van der Waals surface area (Å²) in [5.74, 6) is 0.212. The maximum atomic E-state index is 12.8. The molecule has 1 aromatic rings. The van der Waals surface area contributed by atoms with Crippen molar-refractivity contribution in [2.45, 2.75) is 51.6 Å². The number of carbonyl (C=O) groups is 1. The van der Waals surface area contributed by atoms with E-state index in [1.165, 1.54) is 6.42 Å². The third-order valence-electron chi connectivity index (χ3n) is 4.13. The summed E-state index contributed by atoms with van der Waals surface area (Å²) in [6, 6.07) is 4.34. The van der Waals surface area contributed by atoms with Crippen LogP contribution in [-0.4, -0.2) is 41.6 Å². The molecule has 1 unspecified atom stereocenters. The van der Waals surface area contributed by atoms with Gasteiger partial charge in [-0.2, -0.15) is 0 Å². The third kappa shape index (κ3) is 3.42. The summed E-state index contributed by atoms with van der Waals surface area (Å²) in [4.78, 5) is 14.9. The van der Waals surface area contributed by atoms with Crippen LogP contribution in [0, 0.1) is 0 Å². The Morgan fingerprint density at radius 2 is 2.30 bits per heavy atom. The molecule has 20 heavy (non-hydrogen) atoms. The van der Waals surface area contributed by atoms with Crippen molar-refractivity contribution in [3.8, 4) is 0 Å². The summed E-state index contributed by atoms with van der Waals surface area (Å²) in [5, 5.41) is 3.20. The summed E-state index contributed by atoms with van der Waals surface area (Å²) in [6.45, 7) is 4.95. The Labute approximate surface area is 122 Å². The van der Waals surface area contributed by atoms with Crippen LogP contribution in [0.1, 0.15) is 49.5 Å². The molecule has 1 atom stereocenters. The Morgan fingerprint density at radius 3 is 3.05 bits per heavy atom. The van der Waals surface area contributed by atoms with E-state index in [0.717, 1.165) is 51.0 Å². The zero-order valence-corrected chi connectivity index (χ0v) is 12.8. The van der Waals surface area contributed by atoms with E-state index < -0.39 is 0 Å². The zero-order chi connectivity index (χ0) is 14.4. The van der Waals surface area contributed by atoms with Gasteiger partial charge in [-0.1, -0.05) is 6.92 Å². The van der Waals surface area contributed by atoms with Crippen molar-refractivity contribution in [3.05, 3.63) is 24.0 Å². The average molecular weight is 277 g/mol. The standard InChI is InChI=1S/C16H27N3O/c1-3-11-18-12-6-8-15(18)16(20)19-13-5-4-7-14(19)9-10-17-2/h6,8,12,14,17H,3-5,7,9-11,13H2,1-2H3. The molecule has 1 fully saturated rings. The maximum absolute atomic E-state index is 12.8. The van der Waals surface area contributed by atoms with Crippen molar-refractivity contribution in [1.82, 2.24) is 14.8 Å². The van der Waals surface area contributed by atoms with Gasteiger partial charge in [0.25, 0.3) is 5.91 Å². The van der Waals surface area contributed by atoms with Crippen LogP contribution < -0.4 is 5.32 Å². The predicted octanol–water partition coefficient (Wildman–Crippen LogP) is 2.50. The molecule has 2 heterocycles. The molecule has 0 radical (unpaired) electrons. The highest BCUT2D eigenvalue weighted by Gasteiger charge is 2.28. The topological polar surface area (TPSA) is 37.3 Å². The molecule has 1 N–H and O–H groups in total. The Balaban J connectivity index is 2.10. The van der Waals surface area contributed by atoms with Crippen LogP contribution in [0.15, 0.2) is 18.3 Å². The van der Waals surface area contributed by atoms with Crippen LogP contribution in [0.3, 0.4) is 0 Å². The Kier molecular flexibility index (Phi) is 5.65. The highest BCUT2D eigenvalue weighted by atomic mass is 16.2. The summed E-state index contributed by atoms with van der Waals surface area (Å²) in [5.41, 5.74) is 0.850. The summed E-state index contributed by atoms with van der Waals surface area (Å²) < 4.78 is 2.09. The quantitative estimate of drug-likeness (QED) is 0.867. The fourth-order valence-electron chi connectivity index (χ4n) is 3.07. The number of aromatic nitrogens is 1. The molecule has 0 spiro atoms. The minimum atomic E-state index is 0.212. The highest BCUT2D eigenvalue weighted by molar-refractivity contribution is 5.93. The fourth-order valence-corrected chi connectivity index (χ4v) is 3.07. The monoisotopic (exact) mass is 277 g/mol. The molecule has 112 valence electrons. The lowest BCUT2D eigenvalue weighted by Gasteiger charge is -2.36. The number of nitrogens with zero attached hydrogens (tertiary/aromatic N) is 2. The fraction of sp³-hybridized carbons (Fsp3) is 0.688. The molecule has 0 aliphatic carbocycles. The summed E-state index contributed by atoms with van der Waals surface area (Å²) in [7, 11) is 1.97. The number of rotatable bonds is 6. The van der Waals surface area contributed by atoms with Gasteiger partial charge in [-0.05, 0) is 57.8 Å². The van der Waals surface area contributed by atoms with E-state index in [9.17, 15) is 4.79 Å². The van der Waals surface area contributed by atoms with Gasteiger partial charge in [0.15, 0.2) is 0 Å². The van der Waals surface area contributed by atoms with Crippen molar-refractivity contribution in [2.24, 2.45) is 0 Å². The van der Waals surface area contributed by atoms with Crippen LogP contribution in [0.2, 0.25) is 0 Å². The molecule has 4 nitrogen and oxygen atoms in total. The molecular formula is C16H27N3O. The lowest BCUT2D eigenvalue weighted by atomic mass is 9.99. The lowest BCUT2D eigenvalue weighted by Crippen LogP contribution is -2.45. The van der Waals surface area contributed by atoms with Crippen molar-refractivity contribution in [1.29, 1.82) is 0 Å². The van der Waals surface area contributed by atoms with Gasteiger partial charge in [-0.3, -0.25) is 4.79 Å². The molecule has 1 aromatic heterocycles. The molecule has 4 heteroatoms. The molecule has 1 amide bonds. The molecule has 2 rings (SSSR count). The van der Waals surface area contributed by atoms with Crippen LogP contribution in [0.4, 0.5) is 0 Å². The van der Waals surface area contributed by atoms with Gasteiger partial charge in [-0.25, -0.2) is 0 Å². The SMILES string of the molecule is CCCn1cccc1C(=O)N1CCCCC1CCNC. The zero-order valence-electron chi connectivity index (χ0n) is 12.8. The molecule has 1 saturated heterocycles. The van der Waals surface area contributed by atoms with Gasteiger partial charge in [0.1, 0.15) is 5.69 Å². The summed E-state index contributed by atoms with van der Waals surface area (Å²) >= 11 is 0. The molecule has 0 aromatic carbocycles. The largest absolute Gasteiger partial charge is 0.344 e. The molecule has 1 aliphatic heterocycles. The third-order valence-corrected chi connectivity index (χ3v) is 4.13. The van der Waals surface area contributed by atoms with Gasteiger partial charge >= 0.3 is 0 Å². The van der Waals surface area contributed by atoms with Gasteiger partial charge in [0.2, 0.25) is 0 Å². The van der Waals surface area contributed by atoms with E-state index in [0.29, 0.717) is 6.04 Å². The number of nitrogens with one attached hydrogen (secondary N) is 1. The van der Waals surface area contributed by atoms with E-state index >= 15 is 0 Å². The number of aryl methyl sites for hydroxylation is 1. The Bertz CT molecular complexity index is 427. The number of piperidine rings is 1. The van der Waals surface area contributed by atoms with Crippen molar-refractivity contribution in [2.75, 3.05) is 20.1 Å². The molecular weight excluding hydrogens is 250 g/mol. The molecule has 1 aliphatic rings. The minimum absolute atomic E-state index is 0.212. The second-order valence-electron chi connectivity index (χ2n) is 5.63.